The fourth-order valence-corrected chi connectivity index (χ4v) is 10.0. The molecule has 0 aliphatic heterocycles. The average Bonchev–Trinajstić information content (AvgIpc) is 0.867. The third-order valence-electron chi connectivity index (χ3n) is 14.4. The van der Waals surface area contributed by atoms with Gasteiger partial charge in [0.25, 0.3) is 0 Å². The molecule has 0 saturated heterocycles. The minimum Gasteiger partial charge on any atom is -0.508 e. The molecule has 0 aliphatic carbocycles. The van der Waals surface area contributed by atoms with E-state index in [0.717, 1.165) is 22.3 Å². The van der Waals surface area contributed by atoms with E-state index in [9.17, 15) is 59.7 Å². The molecule has 0 amide bonds. The topological polar surface area (TPSA) is 310 Å². The Morgan fingerprint density at radius 3 is 0.713 bits per heavy atom. The molecule has 21 nitrogen and oxygen atoms in total. The molecule has 0 bridgehead atoms. The highest BCUT2D eigenvalue weighted by molar-refractivity contribution is 5.71. The van der Waals surface area contributed by atoms with E-state index < -0.39 is 69.5 Å². The van der Waals surface area contributed by atoms with Crippen LogP contribution >= 0.6 is 0 Å². The first-order valence-electron chi connectivity index (χ1n) is 29.5. The van der Waals surface area contributed by atoms with Crippen molar-refractivity contribution < 1.29 is 102 Å². The normalized spacial score (nSPS) is 10.8. The number of ether oxygens (including phenoxy) is 9. The number of rotatable bonds is 36. The number of aliphatic carboxylic acids is 5. The predicted molar refractivity (Wildman–Crippen MR) is 340 cm³/mol. The SMILES string of the molecule is O=C(O)COc1cc(Cc2cc(OCc3ccccc3)c(Cc3cc(OCc4ccccc4)c(Cc4cc(OCc5ccccc5)c(Cc5cc(O)ccc5OCC(=O)O)cc4OCC(=O)O)cc3OCC(=O)O)cc2OCC(=O)O)c(OCc2ccccc2)cc1CO. The number of carboxylic acid groups (broad SMARTS) is 5. The summed E-state index contributed by atoms with van der Waals surface area (Å²) in [7, 11) is 0. The summed E-state index contributed by atoms with van der Waals surface area (Å²) < 4.78 is 55.9. The summed E-state index contributed by atoms with van der Waals surface area (Å²) in [6, 6.07) is 54.2. The lowest BCUT2D eigenvalue weighted by Crippen LogP contribution is -2.14. The lowest BCUT2D eigenvalue weighted by Gasteiger charge is -2.22. The Hall–Kier alpha value is -11.7. The summed E-state index contributed by atoms with van der Waals surface area (Å²) in [5, 5.41) is 70.4. The zero-order valence-electron chi connectivity index (χ0n) is 50.6. The molecule has 484 valence electrons. The second-order valence-corrected chi connectivity index (χ2v) is 21.4. The number of aliphatic hydroxyl groups is 1. The maximum atomic E-state index is 12.5. The number of hydrogen-bond acceptors (Lipinski definition) is 16. The van der Waals surface area contributed by atoms with Gasteiger partial charge in [-0.1, -0.05) is 121 Å². The second kappa shape index (κ2) is 32.9. The lowest BCUT2D eigenvalue weighted by atomic mass is 9.94. The molecular formula is C73H66O21. The van der Waals surface area contributed by atoms with Crippen LogP contribution in [-0.2, 0) is 82.7 Å². The number of carbonyl (C=O) groups is 5. The fraction of sp³-hybridized carbons (Fsp3) is 0.192. The molecule has 9 aromatic rings. The molecule has 94 heavy (non-hydrogen) atoms. The molecule has 7 N–H and O–H groups in total. The summed E-state index contributed by atoms with van der Waals surface area (Å²) in [5.41, 5.74) is 6.59. The van der Waals surface area contributed by atoms with E-state index in [1.54, 1.807) is 48.5 Å². The molecule has 0 radical (unpaired) electrons. The summed E-state index contributed by atoms with van der Waals surface area (Å²) in [5.74, 6) is -4.97. The Kier molecular flexibility index (Phi) is 23.3. The molecule has 0 spiro atoms. The molecule has 9 rings (SSSR count). The van der Waals surface area contributed by atoms with Crippen molar-refractivity contribution in [3.05, 3.63) is 260 Å². The zero-order valence-corrected chi connectivity index (χ0v) is 50.6. The van der Waals surface area contributed by atoms with Crippen LogP contribution in [0, 0.1) is 0 Å². The van der Waals surface area contributed by atoms with Gasteiger partial charge in [0, 0.05) is 75.8 Å². The van der Waals surface area contributed by atoms with Crippen LogP contribution in [0.4, 0.5) is 0 Å². The third-order valence-corrected chi connectivity index (χ3v) is 14.4. The van der Waals surface area contributed by atoms with Crippen LogP contribution in [0.3, 0.4) is 0 Å². The molecular weight excluding hydrogens is 1210 g/mol. The van der Waals surface area contributed by atoms with Gasteiger partial charge in [0.05, 0.1) is 6.61 Å². The number of aliphatic hydroxyl groups excluding tert-OH is 1. The Morgan fingerprint density at radius 1 is 0.255 bits per heavy atom. The highest BCUT2D eigenvalue weighted by Gasteiger charge is 2.25. The minimum absolute atomic E-state index is 0.0261. The van der Waals surface area contributed by atoms with Gasteiger partial charge in [-0.3, -0.25) is 0 Å². The lowest BCUT2D eigenvalue weighted by molar-refractivity contribution is -0.140. The monoisotopic (exact) mass is 1280 g/mol. The van der Waals surface area contributed by atoms with Crippen molar-refractivity contribution >= 4 is 29.8 Å². The van der Waals surface area contributed by atoms with Crippen molar-refractivity contribution in [1.82, 2.24) is 0 Å². The van der Waals surface area contributed by atoms with E-state index in [1.165, 1.54) is 18.2 Å². The van der Waals surface area contributed by atoms with E-state index in [-0.39, 0.29) is 109 Å². The Labute approximate surface area is 539 Å². The molecule has 21 heteroatoms. The van der Waals surface area contributed by atoms with Gasteiger partial charge in [0.15, 0.2) is 33.0 Å². The molecule has 0 fully saturated rings. The van der Waals surface area contributed by atoms with Gasteiger partial charge in [-0.15, -0.1) is 0 Å². The number of benzene rings is 9. The molecule has 0 unspecified atom stereocenters. The van der Waals surface area contributed by atoms with E-state index in [1.807, 2.05) is 121 Å². The van der Waals surface area contributed by atoms with Crippen molar-refractivity contribution in [2.45, 2.75) is 58.7 Å². The van der Waals surface area contributed by atoms with Crippen LogP contribution in [0.1, 0.15) is 72.3 Å². The Bertz CT molecular complexity index is 4080. The molecule has 9 aromatic carbocycles. The van der Waals surface area contributed by atoms with Gasteiger partial charge in [-0.05, 0) is 89.0 Å². The van der Waals surface area contributed by atoms with Crippen molar-refractivity contribution in [3.8, 4) is 57.5 Å². The third kappa shape index (κ3) is 19.6. The maximum Gasteiger partial charge on any atom is 0.341 e. The predicted octanol–water partition coefficient (Wildman–Crippen LogP) is 10.9. The molecule has 0 aliphatic rings. The quantitative estimate of drug-likeness (QED) is 0.0192. The Balaban J connectivity index is 1.19. The van der Waals surface area contributed by atoms with Gasteiger partial charge >= 0.3 is 29.8 Å². The van der Waals surface area contributed by atoms with Crippen LogP contribution in [0.2, 0.25) is 0 Å². The van der Waals surface area contributed by atoms with Crippen molar-refractivity contribution in [2.75, 3.05) is 33.0 Å². The Morgan fingerprint density at radius 2 is 0.468 bits per heavy atom. The zero-order chi connectivity index (χ0) is 66.3. The summed E-state index contributed by atoms with van der Waals surface area (Å²) in [6.45, 7) is -4.12. The van der Waals surface area contributed by atoms with Crippen LogP contribution in [0.5, 0.6) is 57.5 Å². The van der Waals surface area contributed by atoms with Gasteiger partial charge < -0.3 is 78.4 Å². The largest absolute Gasteiger partial charge is 0.508 e. The minimum atomic E-state index is -1.31. The number of carboxylic acids is 5. The molecule has 0 atom stereocenters. The molecule has 0 heterocycles. The first-order valence-corrected chi connectivity index (χ1v) is 29.5. The van der Waals surface area contributed by atoms with E-state index in [4.69, 9.17) is 42.6 Å². The van der Waals surface area contributed by atoms with E-state index >= 15 is 0 Å². The number of phenols is 1. The molecule has 0 aromatic heterocycles. The van der Waals surface area contributed by atoms with Gasteiger partial charge in [0.1, 0.15) is 83.9 Å². The van der Waals surface area contributed by atoms with Gasteiger partial charge in [-0.2, -0.15) is 0 Å². The van der Waals surface area contributed by atoms with E-state index in [2.05, 4.69) is 0 Å². The number of aromatic hydroxyl groups is 1. The maximum absolute atomic E-state index is 12.5. The smallest absolute Gasteiger partial charge is 0.341 e. The molecule has 0 saturated carbocycles. The van der Waals surface area contributed by atoms with Crippen molar-refractivity contribution in [3.63, 3.8) is 0 Å². The van der Waals surface area contributed by atoms with Crippen molar-refractivity contribution in [1.29, 1.82) is 0 Å². The summed E-state index contributed by atoms with van der Waals surface area (Å²) in [4.78, 5) is 60.4. The first-order chi connectivity index (χ1) is 45.5. The van der Waals surface area contributed by atoms with Crippen LogP contribution in [0.25, 0.3) is 0 Å². The van der Waals surface area contributed by atoms with Gasteiger partial charge in [-0.25, -0.2) is 24.0 Å². The second-order valence-electron chi connectivity index (χ2n) is 21.4. The van der Waals surface area contributed by atoms with Crippen LogP contribution in [0.15, 0.2) is 188 Å². The summed E-state index contributed by atoms with van der Waals surface area (Å²) >= 11 is 0. The first kappa shape index (κ1) is 66.7. The average molecular weight is 1280 g/mol. The fourth-order valence-electron chi connectivity index (χ4n) is 10.0. The van der Waals surface area contributed by atoms with Gasteiger partial charge in [0.2, 0.25) is 0 Å². The highest BCUT2D eigenvalue weighted by Crippen LogP contribution is 2.42. The number of hydrogen-bond donors (Lipinski definition) is 7. The van der Waals surface area contributed by atoms with E-state index in [0.29, 0.717) is 50.3 Å². The van der Waals surface area contributed by atoms with Crippen molar-refractivity contribution in [2.24, 2.45) is 0 Å². The van der Waals surface area contributed by atoms with Crippen LogP contribution in [-0.4, -0.2) is 98.6 Å². The van der Waals surface area contributed by atoms with Crippen LogP contribution < -0.4 is 42.6 Å². The standard InChI is InChI=1S/C73H66O21/c74-36-58-35-67(89-40-49-19-11-4-12-20-49)57(34-68(58)94-45-73(84)85)26-56-30-63(88-39-48-17-9-3-10-18-48)53(33-66(56)93-44-72(82)83)25-55-29-62(87-38-47-15-7-2-8-16-47)52(32-65(55)92-43-71(80)81)24-54-28-61(86-37-46-13-5-1-6-14-46)51(31-64(54)91-42-70(78)79)23-50-27-59(75)21-22-60(50)90-41-69(76)77/h1-22,27-35,74-75H,23-26,36-45H2,(H,76,77)(H,78,79)(H,80,81)(H,82,83)(H,84,85). The highest BCUT2D eigenvalue weighted by atomic mass is 16.5. The summed E-state index contributed by atoms with van der Waals surface area (Å²) in [6.07, 6.45) is -0.263. The number of phenolic OH excluding ortho intramolecular Hbond substituents is 1.